The molecule has 2 N–H and O–H groups in total. The van der Waals surface area contributed by atoms with Gasteiger partial charge in [-0.2, -0.15) is 0 Å². The zero-order valence-electron chi connectivity index (χ0n) is 13.1. The Morgan fingerprint density at radius 1 is 1.32 bits per heavy atom. The maximum absolute atomic E-state index is 12.2. The van der Waals surface area contributed by atoms with Crippen LogP contribution in [0.15, 0.2) is 0 Å². The highest BCUT2D eigenvalue weighted by Crippen LogP contribution is 2.17. The Labute approximate surface area is 130 Å². The van der Waals surface area contributed by atoms with E-state index >= 15 is 0 Å². The lowest BCUT2D eigenvalue weighted by atomic mass is 9.95. The number of nitrogens with one attached hydrogen (secondary N) is 2. The molecule has 2 amide bonds. The fourth-order valence-corrected chi connectivity index (χ4v) is 3.12. The number of ether oxygens (including phenoxy) is 1. The molecule has 1 saturated carbocycles. The quantitative estimate of drug-likeness (QED) is 0.687. The Bertz CT molecular complexity index is 421. The second-order valence-electron chi connectivity index (χ2n) is 5.96. The van der Waals surface area contributed by atoms with Crippen molar-refractivity contribution >= 4 is 17.8 Å². The monoisotopic (exact) mass is 311 g/mol. The number of esters is 1. The van der Waals surface area contributed by atoms with Gasteiger partial charge >= 0.3 is 5.97 Å². The minimum Gasteiger partial charge on any atom is -0.469 e. The number of rotatable bonds is 5. The van der Waals surface area contributed by atoms with E-state index in [-0.39, 0.29) is 30.8 Å². The van der Waals surface area contributed by atoms with Crippen LogP contribution in [0.4, 0.5) is 0 Å². The van der Waals surface area contributed by atoms with E-state index in [1.807, 2.05) is 0 Å². The third-order valence-electron chi connectivity index (χ3n) is 4.35. The molecule has 0 aromatic rings. The fourth-order valence-electron chi connectivity index (χ4n) is 3.12. The molecule has 0 aromatic heterocycles. The van der Waals surface area contributed by atoms with Gasteiger partial charge in [-0.25, -0.2) is 0 Å². The average molecular weight is 311 g/mol. The molecule has 7 nitrogen and oxygen atoms in total. The third-order valence-corrected chi connectivity index (χ3v) is 4.35. The first-order chi connectivity index (χ1) is 10.6. The molecule has 1 atom stereocenters. The number of hydrogen-bond acceptors (Lipinski definition) is 5. The summed E-state index contributed by atoms with van der Waals surface area (Å²) in [6.45, 7) is 1.20. The standard InChI is InChI=1S/C15H25N3O4/c1-22-14(20)9-12-15(21)16-7-8-18(12)10-13(19)17-11-5-3-2-4-6-11/h11-12H,2-10H2,1H3,(H,16,21)(H,17,19)/t12-/m0/s1. The first-order valence-electron chi connectivity index (χ1n) is 7.98. The Morgan fingerprint density at radius 3 is 2.73 bits per heavy atom. The Morgan fingerprint density at radius 2 is 2.05 bits per heavy atom. The van der Waals surface area contributed by atoms with Crippen LogP contribution in [0.3, 0.4) is 0 Å². The van der Waals surface area contributed by atoms with Crippen LogP contribution in [0, 0.1) is 0 Å². The van der Waals surface area contributed by atoms with Gasteiger partial charge in [0.2, 0.25) is 11.8 Å². The van der Waals surface area contributed by atoms with Gasteiger partial charge in [0, 0.05) is 19.1 Å². The van der Waals surface area contributed by atoms with E-state index in [2.05, 4.69) is 15.4 Å². The molecule has 1 saturated heterocycles. The molecule has 2 aliphatic rings. The normalized spacial score (nSPS) is 23.7. The predicted octanol–water partition coefficient (Wildman–Crippen LogP) is -0.201. The highest BCUT2D eigenvalue weighted by Gasteiger charge is 2.33. The van der Waals surface area contributed by atoms with Crippen LogP contribution >= 0.6 is 0 Å². The summed E-state index contributed by atoms with van der Waals surface area (Å²) in [5.74, 6) is -0.738. The number of carbonyl (C=O) groups excluding carboxylic acids is 3. The summed E-state index contributed by atoms with van der Waals surface area (Å²) in [5.41, 5.74) is 0. The van der Waals surface area contributed by atoms with Gasteiger partial charge < -0.3 is 15.4 Å². The van der Waals surface area contributed by atoms with Crippen molar-refractivity contribution in [3.05, 3.63) is 0 Å². The number of hydrogen-bond donors (Lipinski definition) is 2. The maximum Gasteiger partial charge on any atom is 0.307 e. The molecule has 1 heterocycles. The van der Waals surface area contributed by atoms with Gasteiger partial charge in [-0.05, 0) is 12.8 Å². The lowest BCUT2D eigenvalue weighted by Crippen LogP contribution is -2.58. The van der Waals surface area contributed by atoms with E-state index in [9.17, 15) is 14.4 Å². The lowest BCUT2D eigenvalue weighted by molar-refractivity contribution is -0.146. The molecular formula is C15H25N3O4. The summed E-state index contributed by atoms with van der Waals surface area (Å²) < 4.78 is 4.63. The molecule has 0 spiro atoms. The van der Waals surface area contributed by atoms with Crippen molar-refractivity contribution < 1.29 is 19.1 Å². The van der Waals surface area contributed by atoms with Crippen LogP contribution in [-0.4, -0.2) is 61.5 Å². The molecule has 0 radical (unpaired) electrons. The van der Waals surface area contributed by atoms with Crippen molar-refractivity contribution in [1.82, 2.24) is 15.5 Å². The molecule has 22 heavy (non-hydrogen) atoms. The molecule has 0 unspecified atom stereocenters. The molecule has 0 aromatic carbocycles. The van der Waals surface area contributed by atoms with Crippen molar-refractivity contribution in [2.75, 3.05) is 26.7 Å². The summed E-state index contributed by atoms with van der Waals surface area (Å²) in [4.78, 5) is 37.3. The largest absolute Gasteiger partial charge is 0.469 e. The minimum absolute atomic E-state index is 0.0287. The SMILES string of the molecule is COC(=O)C[C@H]1C(=O)NCCN1CC(=O)NC1CCCCC1. The van der Waals surface area contributed by atoms with Crippen LogP contribution in [-0.2, 0) is 19.1 Å². The van der Waals surface area contributed by atoms with Gasteiger partial charge in [-0.15, -0.1) is 0 Å². The van der Waals surface area contributed by atoms with Gasteiger partial charge in [-0.1, -0.05) is 19.3 Å². The van der Waals surface area contributed by atoms with E-state index in [0.717, 1.165) is 25.7 Å². The fraction of sp³-hybridized carbons (Fsp3) is 0.800. The third kappa shape index (κ3) is 4.69. The molecule has 1 aliphatic heterocycles. The molecule has 0 bridgehead atoms. The highest BCUT2D eigenvalue weighted by molar-refractivity contribution is 5.88. The predicted molar refractivity (Wildman–Crippen MR) is 80.0 cm³/mol. The van der Waals surface area contributed by atoms with Crippen molar-refractivity contribution in [2.45, 2.75) is 50.6 Å². The van der Waals surface area contributed by atoms with Crippen molar-refractivity contribution in [2.24, 2.45) is 0 Å². The first kappa shape index (κ1) is 16.7. The Kier molecular flexibility index (Phi) is 6.18. The molecule has 1 aliphatic carbocycles. The van der Waals surface area contributed by atoms with Gasteiger partial charge in [0.15, 0.2) is 0 Å². The molecule has 2 rings (SSSR count). The van der Waals surface area contributed by atoms with Gasteiger partial charge in [-0.3, -0.25) is 19.3 Å². The lowest BCUT2D eigenvalue weighted by Gasteiger charge is -2.34. The van der Waals surface area contributed by atoms with E-state index in [0.29, 0.717) is 13.1 Å². The Balaban J connectivity index is 1.88. The second kappa shape index (κ2) is 8.12. The smallest absolute Gasteiger partial charge is 0.307 e. The zero-order chi connectivity index (χ0) is 15.9. The number of piperazine rings is 1. The maximum atomic E-state index is 12.2. The topological polar surface area (TPSA) is 87.7 Å². The van der Waals surface area contributed by atoms with Crippen molar-refractivity contribution in [3.63, 3.8) is 0 Å². The van der Waals surface area contributed by atoms with E-state index in [1.54, 1.807) is 4.90 Å². The van der Waals surface area contributed by atoms with Crippen molar-refractivity contribution in [3.8, 4) is 0 Å². The molecule has 7 heteroatoms. The Hall–Kier alpha value is -1.63. The average Bonchev–Trinajstić information content (AvgIpc) is 2.51. The van der Waals surface area contributed by atoms with Crippen molar-refractivity contribution in [1.29, 1.82) is 0 Å². The number of amides is 2. The minimum atomic E-state index is -0.627. The van der Waals surface area contributed by atoms with E-state index in [4.69, 9.17) is 0 Å². The van der Waals surface area contributed by atoms with Crippen LogP contribution in [0.1, 0.15) is 38.5 Å². The van der Waals surface area contributed by atoms with E-state index in [1.165, 1.54) is 13.5 Å². The number of nitrogens with zero attached hydrogens (tertiary/aromatic N) is 1. The van der Waals surface area contributed by atoms with Crippen LogP contribution in [0.2, 0.25) is 0 Å². The van der Waals surface area contributed by atoms with Gasteiger partial charge in [0.25, 0.3) is 0 Å². The summed E-state index contributed by atoms with van der Waals surface area (Å²) in [6, 6.07) is -0.378. The second-order valence-corrected chi connectivity index (χ2v) is 5.96. The summed E-state index contributed by atoms with van der Waals surface area (Å²) in [5, 5.41) is 5.77. The molecule has 124 valence electrons. The first-order valence-corrected chi connectivity index (χ1v) is 7.98. The number of carbonyl (C=O) groups is 3. The van der Waals surface area contributed by atoms with Gasteiger partial charge in [0.05, 0.1) is 20.1 Å². The van der Waals surface area contributed by atoms with Crippen LogP contribution in [0.25, 0.3) is 0 Å². The highest BCUT2D eigenvalue weighted by atomic mass is 16.5. The zero-order valence-corrected chi connectivity index (χ0v) is 13.1. The molecule has 2 fully saturated rings. The summed E-state index contributed by atoms with van der Waals surface area (Å²) in [6.07, 6.45) is 5.57. The van der Waals surface area contributed by atoms with Crippen LogP contribution in [0.5, 0.6) is 0 Å². The summed E-state index contributed by atoms with van der Waals surface area (Å²) in [7, 11) is 1.29. The van der Waals surface area contributed by atoms with Crippen LogP contribution < -0.4 is 10.6 Å². The number of methoxy groups -OCH3 is 1. The van der Waals surface area contributed by atoms with E-state index < -0.39 is 12.0 Å². The summed E-state index contributed by atoms with van der Waals surface area (Å²) >= 11 is 0. The van der Waals surface area contributed by atoms with Gasteiger partial charge in [0.1, 0.15) is 6.04 Å². The molecular weight excluding hydrogens is 286 g/mol.